The second-order valence-electron chi connectivity index (χ2n) is 4.13. The number of methoxy groups -OCH3 is 1. The first-order valence-corrected chi connectivity index (χ1v) is 6.40. The van der Waals surface area contributed by atoms with E-state index in [4.69, 9.17) is 15.0 Å². The second kappa shape index (κ2) is 7.61. The van der Waals surface area contributed by atoms with E-state index in [1.807, 2.05) is 18.2 Å². The van der Waals surface area contributed by atoms with Gasteiger partial charge in [0.05, 0.1) is 19.9 Å². The van der Waals surface area contributed by atoms with Gasteiger partial charge in [0.25, 0.3) is 5.91 Å². The molecule has 0 bridgehead atoms. The molecule has 0 aliphatic heterocycles. The highest BCUT2D eigenvalue weighted by Gasteiger charge is 2.11. The SMILES string of the molecule is COc1cnc(C(=O)N=[N+]=[N-])cc1OCCc1ccccn1. The molecule has 1 amide bonds. The average Bonchev–Trinajstić information content (AvgIpc) is 2.56. The summed E-state index contributed by atoms with van der Waals surface area (Å²) in [6.07, 6.45) is 3.65. The number of ether oxygens (including phenoxy) is 2. The predicted molar refractivity (Wildman–Crippen MR) is 77.7 cm³/mol. The number of nitrogens with zero attached hydrogens (tertiary/aromatic N) is 5. The van der Waals surface area contributed by atoms with E-state index in [1.165, 1.54) is 19.4 Å². The van der Waals surface area contributed by atoms with Gasteiger partial charge in [0.1, 0.15) is 5.69 Å². The molecule has 0 radical (unpaired) electrons. The van der Waals surface area contributed by atoms with Crippen molar-refractivity contribution < 1.29 is 14.3 Å². The Kier molecular flexibility index (Phi) is 5.28. The zero-order chi connectivity index (χ0) is 15.8. The maximum absolute atomic E-state index is 11.5. The molecule has 0 N–H and O–H groups in total. The van der Waals surface area contributed by atoms with Gasteiger partial charge in [-0.25, -0.2) is 4.98 Å². The Morgan fingerprint density at radius 3 is 2.91 bits per heavy atom. The summed E-state index contributed by atoms with van der Waals surface area (Å²) >= 11 is 0. The summed E-state index contributed by atoms with van der Waals surface area (Å²) in [7, 11) is 1.47. The molecular formula is C14H13N5O3. The fourth-order valence-electron chi connectivity index (χ4n) is 1.71. The predicted octanol–water partition coefficient (Wildman–Crippen LogP) is 2.56. The second-order valence-corrected chi connectivity index (χ2v) is 4.13. The van der Waals surface area contributed by atoms with Crippen molar-refractivity contribution in [3.05, 3.63) is 58.5 Å². The Hall–Kier alpha value is -3.12. The molecule has 22 heavy (non-hydrogen) atoms. The van der Waals surface area contributed by atoms with Gasteiger partial charge in [0.15, 0.2) is 11.5 Å². The van der Waals surface area contributed by atoms with E-state index >= 15 is 0 Å². The highest BCUT2D eigenvalue weighted by atomic mass is 16.5. The summed E-state index contributed by atoms with van der Waals surface area (Å²) in [5.74, 6) is -0.0387. The fourth-order valence-corrected chi connectivity index (χ4v) is 1.71. The Balaban J connectivity index is 2.09. The van der Waals surface area contributed by atoms with E-state index in [1.54, 1.807) is 6.20 Å². The van der Waals surface area contributed by atoms with Crippen LogP contribution in [-0.4, -0.2) is 29.6 Å². The first-order valence-electron chi connectivity index (χ1n) is 6.40. The number of rotatable bonds is 6. The number of amides is 1. The van der Waals surface area contributed by atoms with Crippen LogP contribution in [0, 0.1) is 0 Å². The van der Waals surface area contributed by atoms with Crippen LogP contribution in [0.2, 0.25) is 0 Å². The molecule has 2 aromatic heterocycles. The number of pyridine rings is 2. The summed E-state index contributed by atoms with van der Waals surface area (Å²) in [6.45, 7) is 0.354. The number of carbonyl (C=O) groups excluding carboxylic acids is 1. The van der Waals surface area contributed by atoms with E-state index in [0.29, 0.717) is 24.5 Å². The van der Waals surface area contributed by atoms with Crippen LogP contribution >= 0.6 is 0 Å². The van der Waals surface area contributed by atoms with Gasteiger partial charge in [-0.05, 0) is 22.8 Å². The first-order chi connectivity index (χ1) is 10.7. The normalized spacial score (nSPS) is 9.68. The first kappa shape index (κ1) is 15.3. The van der Waals surface area contributed by atoms with Crippen molar-refractivity contribution in [2.75, 3.05) is 13.7 Å². The van der Waals surface area contributed by atoms with Crippen LogP contribution in [0.5, 0.6) is 11.5 Å². The molecule has 0 unspecified atom stereocenters. The van der Waals surface area contributed by atoms with Gasteiger partial charge in [-0.15, -0.1) is 0 Å². The topological polar surface area (TPSA) is 110 Å². The van der Waals surface area contributed by atoms with Crippen LogP contribution in [0.1, 0.15) is 16.2 Å². The maximum atomic E-state index is 11.5. The molecule has 0 fully saturated rings. The largest absolute Gasteiger partial charge is 0.491 e. The molecule has 8 nitrogen and oxygen atoms in total. The Labute approximate surface area is 126 Å². The summed E-state index contributed by atoms with van der Waals surface area (Å²) in [4.78, 5) is 22.0. The summed E-state index contributed by atoms with van der Waals surface area (Å²) in [5.41, 5.74) is 9.16. The third kappa shape index (κ3) is 3.94. The van der Waals surface area contributed by atoms with Crippen molar-refractivity contribution in [1.82, 2.24) is 9.97 Å². The summed E-state index contributed by atoms with van der Waals surface area (Å²) in [6, 6.07) is 7.01. The van der Waals surface area contributed by atoms with Gasteiger partial charge in [-0.1, -0.05) is 6.07 Å². The van der Waals surface area contributed by atoms with Crippen molar-refractivity contribution in [3.8, 4) is 11.5 Å². The quantitative estimate of drug-likeness (QED) is 0.462. The highest BCUT2D eigenvalue weighted by molar-refractivity contribution is 5.93. The minimum absolute atomic E-state index is 0.00793. The van der Waals surface area contributed by atoms with Crippen LogP contribution in [0.3, 0.4) is 0 Å². The number of azide groups is 1. The standard InChI is InChI=1S/C14H13N5O3/c1-21-13-9-17-11(14(20)18-19-15)8-12(13)22-7-5-10-4-2-3-6-16-10/h2-4,6,8-9H,5,7H2,1H3. The Morgan fingerprint density at radius 1 is 1.36 bits per heavy atom. The Bertz CT molecular complexity index is 699. The molecule has 2 rings (SSSR count). The van der Waals surface area contributed by atoms with Crippen LogP contribution < -0.4 is 9.47 Å². The summed E-state index contributed by atoms with van der Waals surface area (Å²) in [5, 5.41) is 2.99. The summed E-state index contributed by atoms with van der Waals surface area (Å²) < 4.78 is 10.7. The molecule has 2 aromatic rings. The van der Waals surface area contributed by atoms with Crippen LogP contribution in [0.4, 0.5) is 0 Å². The molecule has 0 saturated heterocycles. The van der Waals surface area contributed by atoms with Crippen molar-refractivity contribution in [1.29, 1.82) is 0 Å². The van der Waals surface area contributed by atoms with E-state index in [2.05, 4.69) is 20.0 Å². The van der Waals surface area contributed by atoms with Gasteiger partial charge in [0.2, 0.25) is 0 Å². The lowest BCUT2D eigenvalue weighted by molar-refractivity contribution is 0.0995. The number of aromatic nitrogens is 2. The van der Waals surface area contributed by atoms with Crippen molar-refractivity contribution in [2.24, 2.45) is 5.11 Å². The molecule has 112 valence electrons. The maximum Gasteiger partial charge on any atom is 0.267 e. The lowest BCUT2D eigenvalue weighted by Crippen LogP contribution is -2.06. The molecule has 0 aromatic carbocycles. The van der Waals surface area contributed by atoms with E-state index in [9.17, 15) is 4.79 Å². The van der Waals surface area contributed by atoms with Crippen molar-refractivity contribution in [2.45, 2.75) is 6.42 Å². The zero-order valence-electron chi connectivity index (χ0n) is 11.8. The van der Waals surface area contributed by atoms with Crippen molar-refractivity contribution in [3.63, 3.8) is 0 Å². The van der Waals surface area contributed by atoms with Crippen LogP contribution in [0.25, 0.3) is 10.4 Å². The van der Waals surface area contributed by atoms with Crippen LogP contribution in [0.15, 0.2) is 41.8 Å². The highest BCUT2D eigenvalue weighted by Crippen LogP contribution is 2.26. The number of hydrogen-bond acceptors (Lipinski definition) is 5. The molecule has 0 atom stereocenters. The number of hydrogen-bond donors (Lipinski definition) is 0. The molecule has 8 heteroatoms. The lowest BCUT2D eigenvalue weighted by atomic mass is 10.3. The fraction of sp³-hybridized carbons (Fsp3) is 0.214. The van der Waals surface area contributed by atoms with Crippen LogP contribution in [-0.2, 0) is 6.42 Å². The smallest absolute Gasteiger partial charge is 0.267 e. The van der Waals surface area contributed by atoms with Crippen molar-refractivity contribution >= 4 is 5.91 Å². The Morgan fingerprint density at radius 2 is 2.23 bits per heavy atom. The third-order valence-corrected chi connectivity index (χ3v) is 2.75. The number of carbonyl (C=O) groups is 1. The van der Waals surface area contributed by atoms with Gasteiger partial charge in [0, 0.05) is 29.3 Å². The molecule has 2 heterocycles. The molecule has 0 saturated carbocycles. The van der Waals surface area contributed by atoms with Gasteiger partial charge >= 0.3 is 0 Å². The minimum atomic E-state index is -0.778. The van der Waals surface area contributed by atoms with Gasteiger partial charge in [-0.3, -0.25) is 9.78 Å². The molecule has 0 spiro atoms. The van der Waals surface area contributed by atoms with Gasteiger partial charge < -0.3 is 9.47 Å². The molecule has 0 aliphatic carbocycles. The molecular weight excluding hydrogens is 286 g/mol. The zero-order valence-corrected chi connectivity index (χ0v) is 11.8. The minimum Gasteiger partial charge on any atom is -0.491 e. The molecule has 0 aliphatic rings. The lowest BCUT2D eigenvalue weighted by Gasteiger charge is -2.10. The third-order valence-electron chi connectivity index (χ3n) is 2.75. The van der Waals surface area contributed by atoms with Gasteiger partial charge in [-0.2, -0.15) is 0 Å². The monoisotopic (exact) mass is 299 g/mol. The average molecular weight is 299 g/mol. The van der Waals surface area contributed by atoms with E-state index in [-0.39, 0.29) is 5.69 Å². The van der Waals surface area contributed by atoms with E-state index in [0.717, 1.165) is 5.69 Å². The van der Waals surface area contributed by atoms with E-state index < -0.39 is 5.91 Å².